The molecule has 0 aromatic carbocycles. The van der Waals surface area contributed by atoms with E-state index in [0.717, 1.165) is 32.4 Å². The Balaban J connectivity index is 2.21. The van der Waals surface area contributed by atoms with Gasteiger partial charge in [0, 0.05) is 12.8 Å². The number of rotatable bonds is 34. The molecule has 0 aromatic rings. The van der Waals surface area contributed by atoms with Crippen molar-refractivity contribution in [3.63, 3.8) is 0 Å². The highest BCUT2D eigenvalue weighted by molar-refractivity contribution is 4.86. The van der Waals surface area contributed by atoms with Crippen LogP contribution in [0, 0.1) is 0 Å². The van der Waals surface area contributed by atoms with Gasteiger partial charge in [0.1, 0.15) is 0 Å². The van der Waals surface area contributed by atoms with Crippen molar-refractivity contribution >= 4 is 0 Å². The summed E-state index contributed by atoms with van der Waals surface area (Å²) in [6.45, 7) is 6.45. The predicted octanol–water partition coefficient (Wildman–Crippen LogP) is 13.8. The van der Waals surface area contributed by atoms with Crippen molar-refractivity contribution in [2.75, 3.05) is 27.2 Å². The molecular weight excluding hydrogens is 574 g/mol. The summed E-state index contributed by atoms with van der Waals surface area (Å²) in [4.78, 5) is 2.27. The lowest BCUT2D eigenvalue weighted by Crippen LogP contribution is -2.31. The van der Waals surface area contributed by atoms with E-state index in [1.807, 2.05) is 0 Å². The van der Waals surface area contributed by atoms with Crippen LogP contribution in [0.15, 0.2) is 48.6 Å². The van der Waals surface area contributed by atoms with Crippen molar-refractivity contribution in [2.45, 2.75) is 206 Å². The fraction of sp³-hybridized carbons (Fsp3) is 0.818. The average molecular weight is 656 g/mol. The number of unbranched alkanes of at least 4 members (excludes halogenated alkanes) is 18. The van der Waals surface area contributed by atoms with Crippen molar-refractivity contribution in [1.29, 1.82) is 0 Å². The van der Waals surface area contributed by atoms with Crippen LogP contribution in [0.1, 0.15) is 194 Å². The molecule has 1 atom stereocenters. The maximum absolute atomic E-state index is 6.70. The molecule has 1 unspecified atom stereocenters. The first-order valence-electron chi connectivity index (χ1n) is 20.7. The van der Waals surface area contributed by atoms with Crippen molar-refractivity contribution in [3.05, 3.63) is 48.6 Å². The summed E-state index contributed by atoms with van der Waals surface area (Å²) in [5.41, 5.74) is 0. The molecule has 0 aliphatic carbocycles. The lowest BCUT2D eigenvalue weighted by Gasteiger charge is -2.28. The first-order valence-corrected chi connectivity index (χ1v) is 20.7. The van der Waals surface area contributed by atoms with Gasteiger partial charge in [-0.25, -0.2) is 0 Å². The Morgan fingerprint density at radius 2 is 0.851 bits per heavy atom. The second kappa shape index (κ2) is 33.3. The molecule has 1 fully saturated rings. The highest BCUT2D eigenvalue weighted by Gasteiger charge is 2.40. The summed E-state index contributed by atoms with van der Waals surface area (Å²) in [7, 11) is 4.31. The Hall–Kier alpha value is -1.16. The van der Waals surface area contributed by atoms with Gasteiger partial charge in [0.25, 0.3) is 0 Å². The third-order valence-corrected chi connectivity index (χ3v) is 9.50. The Morgan fingerprint density at radius 3 is 1.21 bits per heavy atom. The number of hydrogen-bond acceptors (Lipinski definition) is 3. The molecule has 0 aromatic heterocycles. The summed E-state index contributed by atoms with van der Waals surface area (Å²) >= 11 is 0. The van der Waals surface area contributed by atoms with Crippen molar-refractivity contribution in [2.24, 2.45) is 0 Å². The van der Waals surface area contributed by atoms with E-state index in [0.29, 0.717) is 0 Å². The number of allylic oxidation sites excluding steroid dienone is 8. The van der Waals surface area contributed by atoms with Gasteiger partial charge in [-0.1, -0.05) is 101 Å². The molecule has 3 heteroatoms. The van der Waals surface area contributed by atoms with Gasteiger partial charge < -0.3 is 14.4 Å². The lowest BCUT2D eigenvalue weighted by molar-refractivity contribution is -0.180. The van der Waals surface area contributed by atoms with E-state index < -0.39 is 0 Å². The molecule has 1 rings (SSSR count). The minimum atomic E-state index is -0.330. The summed E-state index contributed by atoms with van der Waals surface area (Å²) in [5.74, 6) is -0.330. The van der Waals surface area contributed by atoms with E-state index in [1.54, 1.807) is 0 Å². The molecule has 0 amide bonds. The number of ether oxygens (including phenoxy) is 2. The third kappa shape index (κ3) is 28.4. The first-order chi connectivity index (χ1) is 23.1. The first kappa shape index (κ1) is 43.9. The van der Waals surface area contributed by atoms with Gasteiger partial charge in [0.05, 0.1) is 12.7 Å². The van der Waals surface area contributed by atoms with Crippen LogP contribution in [0.3, 0.4) is 0 Å². The lowest BCUT2D eigenvalue weighted by atomic mass is 9.99. The van der Waals surface area contributed by atoms with E-state index in [-0.39, 0.29) is 11.9 Å². The van der Waals surface area contributed by atoms with E-state index in [4.69, 9.17) is 9.47 Å². The monoisotopic (exact) mass is 656 g/mol. The maximum atomic E-state index is 6.70. The highest BCUT2D eigenvalue weighted by atomic mass is 16.7. The molecule has 0 radical (unpaired) electrons. The van der Waals surface area contributed by atoms with E-state index >= 15 is 0 Å². The molecule has 0 saturated carbocycles. The second-order valence-corrected chi connectivity index (χ2v) is 14.6. The summed E-state index contributed by atoms with van der Waals surface area (Å²) in [5, 5.41) is 0. The zero-order valence-electron chi connectivity index (χ0n) is 32.2. The molecule has 1 heterocycles. The van der Waals surface area contributed by atoms with Crippen LogP contribution in [0.25, 0.3) is 0 Å². The van der Waals surface area contributed by atoms with Crippen molar-refractivity contribution in [1.82, 2.24) is 4.90 Å². The van der Waals surface area contributed by atoms with Gasteiger partial charge in [0.15, 0.2) is 5.79 Å². The summed E-state index contributed by atoms with van der Waals surface area (Å²) < 4.78 is 13.2. The zero-order valence-corrected chi connectivity index (χ0v) is 32.2. The van der Waals surface area contributed by atoms with Gasteiger partial charge in [-0.3, -0.25) is 0 Å². The van der Waals surface area contributed by atoms with Gasteiger partial charge in [0.2, 0.25) is 0 Å². The smallest absolute Gasteiger partial charge is 0.168 e. The van der Waals surface area contributed by atoms with Crippen LogP contribution < -0.4 is 0 Å². The molecule has 1 saturated heterocycles. The van der Waals surface area contributed by atoms with E-state index in [1.165, 1.54) is 161 Å². The molecule has 3 nitrogen and oxygen atoms in total. The molecule has 274 valence electrons. The zero-order chi connectivity index (χ0) is 33.9. The third-order valence-electron chi connectivity index (χ3n) is 9.50. The van der Waals surface area contributed by atoms with Crippen molar-refractivity contribution < 1.29 is 9.47 Å². The Kier molecular flexibility index (Phi) is 31.1. The SMILES string of the molecule is CCCCC/C=C\CCCC/C=C\CCCCCC1(CCCCC/C=C\CCCC/C=C\CCCCC)OCC(CCCN(C)C)O1. The van der Waals surface area contributed by atoms with Gasteiger partial charge in [-0.15, -0.1) is 0 Å². The van der Waals surface area contributed by atoms with Gasteiger partial charge in [-0.2, -0.15) is 0 Å². The topological polar surface area (TPSA) is 21.7 Å². The van der Waals surface area contributed by atoms with Crippen LogP contribution in [0.4, 0.5) is 0 Å². The molecule has 0 bridgehead atoms. The predicted molar refractivity (Wildman–Crippen MR) is 209 cm³/mol. The summed E-state index contributed by atoms with van der Waals surface area (Å²) in [6.07, 6.45) is 54.7. The fourth-order valence-corrected chi connectivity index (χ4v) is 6.46. The van der Waals surface area contributed by atoms with Crippen LogP contribution >= 0.6 is 0 Å². The number of hydrogen-bond donors (Lipinski definition) is 0. The van der Waals surface area contributed by atoms with E-state index in [2.05, 4.69) is 81.5 Å². The molecule has 1 aliphatic heterocycles. The van der Waals surface area contributed by atoms with Crippen molar-refractivity contribution in [3.8, 4) is 0 Å². The van der Waals surface area contributed by atoms with Crippen LogP contribution in [0.5, 0.6) is 0 Å². The van der Waals surface area contributed by atoms with Crippen LogP contribution in [0.2, 0.25) is 0 Å². The van der Waals surface area contributed by atoms with Crippen LogP contribution in [-0.4, -0.2) is 44.0 Å². The number of nitrogens with zero attached hydrogens (tertiary/aromatic N) is 1. The minimum absolute atomic E-state index is 0.272. The van der Waals surface area contributed by atoms with Gasteiger partial charge in [-0.05, 0) is 149 Å². The standard InChI is InChI=1S/C44H81NO2/c1-5-7-9-11-13-15-17-19-21-23-25-27-29-31-33-35-39-44(46-42-43(47-44)38-37-41-45(3)4)40-36-34-32-30-28-26-24-22-20-18-16-14-12-10-8-6-2/h13-16,25-28,43H,5-12,17-24,29-42H2,1-4H3/b15-13-,16-14-,27-25-,28-26-. The Labute approximate surface area is 295 Å². The summed E-state index contributed by atoms with van der Waals surface area (Å²) in [6, 6.07) is 0. The quantitative estimate of drug-likeness (QED) is 0.0508. The fourth-order valence-electron chi connectivity index (χ4n) is 6.46. The largest absolute Gasteiger partial charge is 0.347 e. The second-order valence-electron chi connectivity index (χ2n) is 14.6. The van der Waals surface area contributed by atoms with E-state index in [9.17, 15) is 0 Å². The molecular formula is C44H81NO2. The Morgan fingerprint density at radius 1 is 0.489 bits per heavy atom. The molecule has 0 N–H and O–H groups in total. The highest BCUT2D eigenvalue weighted by Crippen LogP contribution is 2.36. The normalized spacial score (nSPS) is 16.8. The van der Waals surface area contributed by atoms with Gasteiger partial charge >= 0.3 is 0 Å². The van der Waals surface area contributed by atoms with Crippen LogP contribution in [-0.2, 0) is 9.47 Å². The average Bonchev–Trinajstić information content (AvgIpc) is 3.47. The molecule has 0 spiro atoms. The molecule has 47 heavy (non-hydrogen) atoms. The Bertz CT molecular complexity index is 719. The molecule has 1 aliphatic rings. The minimum Gasteiger partial charge on any atom is -0.347 e. The maximum Gasteiger partial charge on any atom is 0.168 e.